The predicted octanol–water partition coefficient (Wildman–Crippen LogP) is 3.70. The third-order valence-corrected chi connectivity index (χ3v) is 3.61. The highest BCUT2D eigenvalue weighted by Crippen LogP contribution is 2.23. The van der Waals surface area contributed by atoms with Gasteiger partial charge in [-0.25, -0.2) is 4.98 Å². The minimum absolute atomic E-state index is 0.133. The molecule has 1 amide bonds. The molecule has 0 saturated heterocycles. The number of hydrogen-bond donors (Lipinski definition) is 1. The number of carbonyl (C=O) groups is 1. The second kappa shape index (κ2) is 8.67. The second-order valence-electron chi connectivity index (χ2n) is 5.59. The number of benzene rings is 1. The monoisotopic (exact) mass is 383 g/mol. The van der Waals surface area contributed by atoms with Crippen LogP contribution in [0.3, 0.4) is 0 Å². The summed E-state index contributed by atoms with van der Waals surface area (Å²) in [6, 6.07) is 12.9. The summed E-state index contributed by atoms with van der Waals surface area (Å²) in [6.45, 7) is 2.67. The van der Waals surface area contributed by atoms with Crippen LogP contribution in [0.4, 0.5) is 5.88 Å². The molecule has 0 radical (unpaired) electrons. The molecular weight excluding hydrogens is 366 g/mol. The van der Waals surface area contributed by atoms with Crippen LogP contribution in [0.25, 0.3) is 0 Å². The zero-order valence-electron chi connectivity index (χ0n) is 15.0. The molecule has 0 saturated carbocycles. The number of hydrogen-bond acceptors (Lipinski definition) is 7. The Labute approximate surface area is 160 Å². The predicted molar refractivity (Wildman–Crippen MR) is 98.5 cm³/mol. The van der Waals surface area contributed by atoms with Gasteiger partial charge in [-0.1, -0.05) is 0 Å². The fraction of sp³-hybridized carbons (Fsp3) is 0.158. The quantitative estimate of drug-likeness (QED) is 0.465. The number of nitrogens with zero attached hydrogens (tertiary/aromatic N) is 2. The van der Waals surface area contributed by atoms with E-state index >= 15 is 0 Å². The van der Waals surface area contributed by atoms with E-state index in [1.807, 2.05) is 6.92 Å². The van der Waals surface area contributed by atoms with Gasteiger partial charge >= 0.3 is 5.88 Å². The van der Waals surface area contributed by atoms with Crippen LogP contribution < -0.4 is 14.8 Å². The summed E-state index contributed by atoms with van der Waals surface area (Å²) < 4.78 is 15.9. The number of aromatic nitrogens is 1. The molecule has 0 unspecified atom stereocenters. The minimum Gasteiger partial charge on any atom is -0.494 e. The zero-order valence-corrected chi connectivity index (χ0v) is 15.0. The van der Waals surface area contributed by atoms with E-state index in [1.54, 1.807) is 42.6 Å². The molecule has 2 aromatic heterocycles. The lowest BCUT2D eigenvalue weighted by atomic mass is 10.2. The first-order chi connectivity index (χ1) is 13.5. The van der Waals surface area contributed by atoms with E-state index in [9.17, 15) is 14.9 Å². The summed E-state index contributed by atoms with van der Waals surface area (Å²) in [5, 5.41) is 13.2. The first kappa shape index (κ1) is 18.9. The number of amides is 1. The summed E-state index contributed by atoms with van der Waals surface area (Å²) >= 11 is 0. The van der Waals surface area contributed by atoms with E-state index < -0.39 is 16.7 Å². The third kappa shape index (κ3) is 4.85. The van der Waals surface area contributed by atoms with Crippen molar-refractivity contribution in [1.82, 2.24) is 10.3 Å². The van der Waals surface area contributed by atoms with Gasteiger partial charge in [0.05, 0.1) is 12.7 Å². The molecule has 144 valence electrons. The van der Waals surface area contributed by atoms with Gasteiger partial charge in [0.1, 0.15) is 16.4 Å². The van der Waals surface area contributed by atoms with Crippen LogP contribution in [0.15, 0.2) is 59.1 Å². The molecular formula is C19H17N3O6. The van der Waals surface area contributed by atoms with Crippen LogP contribution in [0, 0.1) is 10.1 Å². The minimum atomic E-state index is -0.704. The van der Waals surface area contributed by atoms with Crippen molar-refractivity contribution in [2.75, 3.05) is 6.61 Å². The number of carbonyl (C=O) groups excluding carboxylic acids is 1. The maximum Gasteiger partial charge on any atom is 0.433 e. The molecule has 9 nitrogen and oxygen atoms in total. The van der Waals surface area contributed by atoms with Crippen molar-refractivity contribution in [2.24, 2.45) is 0 Å². The standard InChI is InChI=1S/C19H17N3O6/c1-2-26-14-3-5-15(6-4-14)27-17-11-13(9-10-20-17)12-21-19(23)16-7-8-18(28-16)22(24)25/h3-11H,2,12H2,1H3,(H,21,23). The Hall–Kier alpha value is -3.88. The Morgan fingerprint density at radius 1 is 1.18 bits per heavy atom. The van der Waals surface area contributed by atoms with Gasteiger partial charge in [0.15, 0.2) is 5.76 Å². The maximum atomic E-state index is 12.0. The molecule has 3 rings (SSSR count). The van der Waals surface area contributed by atoms with Crippen LogP contribution >= 0.6 is 0 Å². The average molecular weight is 383 g/mol. The van der Waals surface area contributed by atoms with Crippen molar-refractivity contribution in [2.45, 2.75) is 13.5 Å². The van der Waals surface area contributed by atoms with Crippen molar-refractivity contribution in [3.8, 4) is 17.4 Å². The van der Waals surface area contributed by atoms with Crippen molar-refractivity contribution >= 4 is 11.8 Å². The van der Waals surface area contributed by atoms with Gasteiger partial charge in [0.25, 0.3) is 5.91 Å². The van der Waals surface area contributed by atoms with Crippen LogP contribution in [0.5, 0.6) is 17.4 Å². The molecule has 0 aliphatic heterocycles. The summed E-state index contributed by atoms with van der Waals surface area (Å²) in [6.07, 6.45) is 1.56. The number of furan rings is 1. The van der Waals surface area contributed by atoms with Crippen LogP contribution in [-0.2, 0) is 6.54 Å². The summed E-state index contributed by atoms with van der Waals surface area (Å²) in [7, 11) is 0. The maximum absolute atomic E-state index is 12.0. The fourth-order valence-electron chi connectivity index (χ4n) is 2.32. The molecule has 0 bridgehead atoms. The molecule has 3 aromatic rings. The highest BCUT2D eigenvalue weighted by Gasteiger charge is 2.17. The fourth-order valence-corrected chi connectivity index (χ4v) is 2.32. The summed E-state index contributed by atoms with van der Waals surface area (Å²) in [4.78, 5) is 26.1. The van der Waals surface area contributed by atoms with Crippen molar-refractivity contribution < 1.29 is 23.6 Å². The SMILES string of the molecule is CCOc1ccc(Oc2cc(CNC(=O)c3ccc([N+](=O)[O-])o3)ccn2)cc1. The molecule has 1 N–H and O–H groups in total. The molecule has 1 aromatic carbocycles. The first-order valence-electron chi connectivity index (χ1n) is 8.43. The highest BCUT2D eigenvalue weighted by molar-refractivity contribution is 5.91. The molecule has 2 heterocycles. The van der Waals surface area contributed by atoms with Gasteiger partial charge in [0, 0.05) is 18.8 Å². The number of rotatable bonds is 8. The molecule has 0 atom stereocenters. The Morgan fingerprint density at radius 2 is 1.93 bits per heavy atom. The van der Waals surface area contributed by atoms with E-state index in [0.717, 1.165) is 17.4 Å². The molecule has 0 aliphatic rings. The topological polar surface area (TPSA) is 117 Å². The van der Waals surface area contributed by atoms with Crippen molar-refractivity contribution in [3.05, 3.63) is 76.2 Å². The average Bonchev–Trinajstić information content (AvgIpc) is 3.19. The van der Waals surface area contributed by atoms with Gasteiger partial charge in [0.2, 0.25) is 5.88 Å². The van der Waals surface area contributed by atoms with E-state index in [2.05, 4.69) is 10.3 Å². The molecule has 0 fully saturated rings. The third-order valence-electron chi connectivity index (χ3n) is 3.61. The molecule has 9 heteroatoms. The molecule has 0 aliphatic carbocycles. The van der Waals surface area contributed by atoms with Crippen molar-refractivity contribution in [3.63, 3.8) is 0 Å². The number of pyridine rings is 1. The smallest absolute Gasteiger partial charge is 0.433 e. The van der Waals surface area contributed by atoms with Crippen molar-refractivity contribution in [1.29, 1.82) is 0 Å². The van der Waals surface area contributed by atoms with Gasteiger partial charge in [-0.3, -0.25) is 14.9 Å². The lowest BCUT2D eigenvalue weighted by Gasteiger charge is -2.08. The number of ether oxygens (including phenoxy) is 2. The summed E-state index contributed by atoms with van der Waals surface area (Å²) in [5.74, 6) is 0.535. The Morgan fingerprint density at radius 3 is 2.61 bits per heavy atom. The van der Waals surface area contributed by atoms with Gasteiger partial charge < -0.3 is 19.2 Å². The van der Waals surface area contributed by atoms with Crippen LogP contribution in [0.2, 0.25) is 0 Å². The Kier molecular flexibility index (Phi) is 5.85. The van der Waals surface area contributed by atoms with Crippen LogP contribution in [0.1, 0.15) is 23.0 Å². The lowest BCUT2D eigenvalue weighted by molar-refractivity contribution is -0.402. The van der Waals surface area contributed by atoms with Crippen LogP contribution in [-0.4, -0.2) is 22.4 Å². The zero-order chi connectivity index (χ0) is 19.9. The van der Waals surface area contributed by atoms with E-state index in [-0.39, 0.29) is 12.3 Å². The number of nitrogens with one attached hydrogen (secondary N) is 1. The Bertz CT molecular complexity index is 968. The van der Waals surface area contributed by atoms with Gasteiger partial charge in [-0.15, -0.1) is 0 Å². The first-order valence-corrected chi connectivity index (χ1v) is 8.43. The molecule has 28 heavy (non-hydrogen) atoms. The molecule has 0 spiro atoms. The van der Waals surface area contributed by atoms with E-state index in [4.69, 9.17) is 13.9 Å². The highest BCUT2D eigenvalue weighted by atomic mass is 16.6. The normalized spacial score (nSPS) is 10.3. The largest absolute Gasteiger partial charge is 0.494 e. The Balaban J connectivity index is 1.59. The van der Waals surface area contributed by atoms with Gasteiger partial charge in [-0.05, 0) is 48.9 Å². The second-order valence-corrected chi connectivity index (χ2v) is 5.59. The number of nitro groups is 1. The van der Waals surface area contributed by atoms with Gasteiger partial charge in [-0.2, -0.15) is 0 Å². The summed E-state index contributed by atoms with van der Waals surface area (Å²) in [5.41, 5.74) is 0.741. The lowest BCUT2D eigenvalue weighted by Crippen LogP contribution is -2.22. The van der Waals surface area contributed by atoms with E-state index in [0.29, 0.717) is 18.2 Å². The van der Waals surface area contributed by atoms with E-state index in [1.165, 1.54) is 6.07 Å².